The minimum absolute atomic E-state index is 0.0138. The molecule has 45 heavy (non-hydrogen) atoms. The summed E-state index contributed by atoms with van der Waals surface area (Å²) in [6.45, 7) is 15.5. The number of fused-ring (bicyclic) bond motifs is 6. The van der Waals surface area contributed by atoms with Crippen molar-refractivity contribution < 1.29 is 9.53 Å². The predicted molar refractivity (Wildman–Crippen MR) is 190 cm³/mol. The van der Waals surface area contributed by atoms with E-state index < -0.39 is 0 Å². The van der Waals surface area contributed by atoms with Crippen LogP contribution in [0.1, 0.15) is 98.0 Å². The maximum Gasteiger partial charge on any atom is 0.155 e. The third-order valence-electron chi connectivity index (χ3n) is 13.6. The van der Waals surface area contributed by atoms with Gasteiger partial charge in [0.1, 0.15) is 0 Å². The molecule has 1 spiro atoms. The first-order chi connectivity index (χ1) is 21.7. The van der Waals surface area contributed by atoms with Crippen LogP contribution >= 0.6 is 10.7 Å². The van der Waals surface area contributed by atoms with Gasteiger partial charge >= 0.3 is 0 Å². The molecule has 246 valence electrons. The quantitative estimate of drug-likeness (QED) is 0.244. The highest BCUT2D eigenvalue weighted by atomic mass is 32.2. The maximum atomic E-state index is 12.3. The van der Waals surface area contributed by atoms with Crippen LogP contribution in [0.4, 0.5) is 0 Å². The first-order valence-electron chi connectivity index (χ1n) is 18.3. The van der Waals surface area contributed by atoms with Gasteiger partial charge in [-0.1, -0.05) is 73.2 Å². The Kier molecular flexibility index (Phi) is 9.13. The summed E-state index contributed by atoms with van der Waals surface area (Å²) in [6, 6.07) is 11.5. The summed E-state index contributed by atoms with van der Waals surface area (Å²) in [7, 11) is 0.149. The van der Waals surface area contributed by atoms with Crippen LogP contribution in [-0.4, -0.2) is 59.2 Å². The lowest BCUT2D eigenvalue weighted by molar-refractivity contribution is -0.116. The molecule has 1 unspecified atom stereocenters. The summed E-state index contributed by atoms with van der Waals surface area (Å²) in [6.07, 6.45) is 13.9. The van der Waals surface area contributed by atoms with Gasteiger partial charge in [-0.2, -0.15) is 0 Å². The number of nitrogens with zero attached hydrogens (tertiary/aromatic N) is 1. The Bertz CT molecular complexity index is 1370. The van der Waals surface area contributed by atoms with E-state index in [0.29, 0.717) is 29.8 Å². The van der Waals surface area contributed by atoms with Crippen molar-refractivity contribution in [2.24, 2.45) is 35.0 Å². The van der Waals surface area contributed by atoms with Gasteiger partial charge in [0.25, 0.3) is 0 Å². The molecule has 4 aliphatic carbocycles. The van der Waals surface area contributed by atoms with Crippen molar-refractivity contribution in [2.75, 3.05) is 25.4 Å². The minimum atomic E-state index is -0.0138. The molecular formula is C40H58N2O2S. The highest BCUT2D eigenvalue weighted by Gasteiger charge is 2.59. The van der Waals surface area contributed by atoms with Crippen LogP contribution in [-0.2, 0) is 16.0 Å². The van der Waals surface area contributed by atoms with Crippen LogP contribution in [0.25, 0.3) is 0 Å². The fourth-order valence-electron chi connectivity index (χ4n) is 11.2. The van der Waals surface area contributed by atoms with E-state index in [2.05, 4.69) is 79.9 Å². The van der Waals surface area contributed by atoms with Gasteiger partial charge in [-0.25, -0.2) is 0 Å². The molecule has 2 heterocycles. The standard InChI is InChI=1S/C40H58N2O2S/c1-6-45(21-16-30-10-8-7-9-11-30)41-19-20-42-26-27(2)22-37-38(42)29(4)40(44-37)18-15-33-34-13-12-31-23-32(43)14-17-39(31,5)36(34)24-35(33)28(3)25-40/h6-11,23,27,29,33-34,36-38,41H,12-22,24-26H2,1-5H3/t27-,29+,33-,34-,36-,37+,38-,39-,40-,45?/m0/s1. The van der Waals surface area contributed by atoms with Crippen LogP contribution in [0.5, 0.6) is 0 Å². The lowest BCUT2D eigenvalue weighted by Gasteiger charge is -2.48. The Hall–Kier alpha value is -1.53. The number of aryl methyl sites for hydroxylation is 1. The zero-order valence-corrected chi connectivity index (χ0v) is 29.5. The molecule has 5 heteroatoms. The Balaban J connectivity index is 1.03. The molecule has 1 aromatic carbocycles. The molecule has 0 radical (unpaired) electrons. The van der Waals surface area contributed by atoms with Gasteiger partial charge in [-0.3, -0.25) is 14.4 Å². The van der Waals surface area contributed by atoms with Crippen molar-refractivity contribution in [1.82, 2.24) is 9.62 Å². The number of ketones is 1. The predicted octanol–water partition coefficient (Wildman–Crippen LogP) is 8.15. The molecule has 2 saturated heterocycles. The largest absolute Gasteiger partial charge is 0.369 e. The number of benzene rings is 1. The second-order valence-electron chi connectivity index (χ2n) is 16.0. The third-order valence-corrected chi connectivity index (χ3v) is 15.4. The molecule has 2 aliphatic heterocycles. The van der Waals surface area contributed by atoms with E-state index in [9.17, 15) is 4.79 Å². The normalized spacial score (nSPS) is 40.5. The number of carbonyl (C=O) groups excluding carboxylic acids is 1. The number of piperidine rings is 1. The van der Waals surface area contributed by atoms with E-state index in [1.165, 1.54) is 55.5 Å². The van der Waals surface area contributed by atoms with Crippen LogP contribution in [0, 0.1) is 35.0 Å². The van der Waals surface area contributed by atoms with E-state index in [1.807, 2.05) is 6.08 Å². The molecule has 0 amide bonds. The molecule has 4 nitrogen and oxygen atoms in total. The lowest BCUT2D eigenvalue weighted by Crippen LogP contribution is -2.53. The highest BCUT2D eigenvalue weighted by Crippen LogP contribution is 2.64. The number of carbonyl (C=O) groups is 1. The second kappa shape index (κ2) is 12.8. The summed E-state index contributed by atoms with van der Waals surface area (Å²) in [5.41, 5.74) is 6.58. The molecule has 4 fully saturated rings. The van der Waals surface area contributed by atoms with Crippen molar-refractivity contribution in [3.05, 3.63) is 58.7 Å². The van der Waals surface area contributed by atoms with Crippen LogP contribution in [0.3, 0.4) is 0 Å². The second-order valence-corrected chi connectivity index (χ2v) is 18.1. The molecule has 1 N–H and O–H groups in total. The van der Waals surface area contributed by atoms with Gasteiger partial charge in [0, 0.05) is 43.8 Å². The topological polar surface area (TPSA) is 41.6 Å². The van der Waals surface area contributed by atoms with Gasteiger partial charge < -0.3 is 4.74 Å². The van der Waals surface area contributed by atoms with Gasteiger partial charge in [0.15, 0.2) is 5.78 Å². The average molecular weight is 631 g/mol. The molecule has 6 aliphatic rings. The van der Waals surface area contributed by atoms with Crippen molar-refractivity contribution >= 4 is 21.8 Å². The molecule has 0 aromatic heterocycles. The lowest BCUT2D eigenvalue weighted by atomic mass is 9.56. The Morgan fingerprint density at radius 2 is 1.96 bits per heavy atom. The third kappa shape index (κ3) is 5.91. The molecule has 7 rings (SSSR count). The fraction of sp³-hybridized carbons (Fsp3) is 0.700. The summed E-state index contributed by atoms with van der Waals surface area (Å²) in [5.74, 6) is 5.01. The number of likely N-dealkylation sites (tertiary alicyclic amines) is 1. The number of hydrogen-bond acceptors (Lipinski definition) is 4. The van der Waals surface area contributed by atoms with E-state index in [0.717, 1.165) is 62.9 Å². The number of ether oxygens (including phenoxy) is 1. The monoisotopic (exact) mass is 630 g/mol. The van der Waals surface area contributed by atoms with Gasteiger partial charge in [-0.05, 0) is 112 Å². The first kappa shape index (κ1) is 32.0. The summed E-state index contributed by atoms with van der Waals surface area (Å²) < 4.78 is 11.3. The van der Waals surface area contributed by atoms with Gasteiger partial charge in [-0.15, -0.1) is 10.7 Å². The van der Waals surface area contributed by atoms with Crippen molar-refractivity contribution in [1.29, 1.82) is 0 Å². The molecule has 0 bridgehead atoms. The van der Waals surface area contributed by atoms with Gasteiger partial charge in [0.05, 0.1) is 11.7 Å². The first-order valence-corrected chi connectivity index (χ1v) is 19.8. The van der Waals surface area contributed by atoms with E-state index in [4.69, 9.17) is 4.74 Å². The van der Waals surface area contributed by atoms with Crippen LogP contribution in [0.15, 0.2) is 53.1 Å². The summed E-state index contributed by atoms with van der Waals surface area (Å²) in [5, 5.41) is 2.38. The maximum absolute atomic E-state index is 12.3. The number of hydrogen-bond donors (Lipinski definition) is 1. The van der Waals surface area contributed by atoms with Crippen molar-refractivity contribution in [3.8, 4) is 0 Å². The molecule has 1 aromatic rings. The number of nitrogens with one attached hydrogen (secondary N) is 1. The molecular weight excluding hydrogens is 573 g/mol. The van der Waals surface area contributed by atoms with Crippen LogP contribution < -0.4 is 4.72 Å². The number of allylic oxidation sites excluding steroid dienone is 3. The molecule has 10 atom stereocenters. The minimum Gasteiger partial charge on any atom is -0.369 e. The smallest absolute Gasteiger partial charge is 0.155 e. The van der Waals surface area contributed by atoms with E-state index in [-0.39, 0.29) is 21.7 Å². The summed E-state index contributed by atoms with van der Waals surface area (Å²) in [4.78, 5) is 15.1. The fourth-order valence-corrected chi connectivity index (χ4v) is 12.6. The SMILES string of the molecule is C/C=S(\CCc1ccccc1)NCCN1C[C@@H](C)C[C@H]2O[C@]3(CC[C@@H]4C(=C(C)C3)C[C@H]3[C@H]4CCC4=CC(=O)CC[C@@]43C)[C@H](C)[C@@H]21. The van der Waals surface area contributed by atoms with Crippen LogP contribution in [0.2, 0.25) is 0 Å². The summed E-state index contributed by atoms with van der Waals surface area (Å²) >= 11 is 0. The Morgan fingerprint density at radius 1 is 1.13 bits per heavy atom. The van der Waals surface area contributed by atoms with E-state index in [1.54, 1.807) is 11.1 Å². The Labute approximate surface area is 275 Å². The zero-order valence-electron chi connectivity index (χ0n) is 28.7. The Morgan fingerprint density at radius 3 is 2.76 bits per heavy atom. The number of rotatable bonds is 7. The average Bonchev–Trinajstić information content (AvgIpc) is 3.49. The van der Waals surface area contributed by atoms with Gasteiger partial charge in [0.2, 0.25) is 0 Å². The zero-order chi connectivity index (χ0) is 31.3. The van der Waals surface area contributed by atoms with Crippen molar-refractivity contribution in [3.63, 3.8) is 0 Å². The highest BCUT2D eigenvalue weighted by molar-refractivity contribution is 8.13. The van der Waals surface area contributed by atoms with Crippen molar-refractivity contribution in [2.45, 2.75) is 117 Å². The molecule has 2 saturated carbocycles. The van der Waals surface area contributed by atoms with E-state index >= 15 is 0 Å².